The molecule has 0 bridgehead atoms. The number of para-hydroxylation sites is 2. The van der Waals surface area contributed by atoms with Gasteiger partial charge in [-0.3, -0.25) is 0 Å². The second-order valence-electron chi connectivity index (χ2n) is 4.87. The Morgan fingerprint density at radius 3 is 2.95 bits per heavy atom. The van der Waals surface area contributed by atoms with Crippen LogP contribution >= 0.6 is 15.9 Å². The molecule has 0 aliphatic carbocycles. The van der Waals surface area contributed by atoms with Crippen molar-refractivity contribution < 1.29 is 9.84 Å². The number of ether oxygens (including phenoxy) is 1. The molecular weight excluding hydrogens is 318 g/mol. The van der Waals surface area contributed by atoms with Gasteiger partial charge in [-0.05, 0) is 42.3 Å². The zero-order chi connectivity index (χ0) is 13.9. The fourth-order valence-electron chi connectivity index (χ4n) is 2.45. The highest BCUT2D eigenvalue weighted by Gasteiger charge is 2.17. The quantitative estimate of drug-likeness (QED) is 0.903. The summed E-state index contributed by atoms with van der Waals surface area (Å²) in [5, 5.41) is 9.65. The number of hydrogen-bond acceptors (Lipinski definition) is 3. The fourth-order valence-corrected chi connectivity index (χ4v) is 2.82. The minimum absolute atomic E-state index is 0.294. The van der Waals surface area contributed by atoms with Crippen molar-refractivity contribution >= 4 is 21.6 Å². The van der Waals surface area contributed by atoms with Crippen LogP contribution < -0.4 is 9.64 Å². The second-order valence-corrected chi connectivity index (χ2v) is 5.72. The number of aromatic hydroxyl groups is 1. The molecule has 1 heterocycles. The maximum Gasteiger partial charge on any atom is 0.142 e. The third-order valence-electron chi connectivity index (χ3n) is 3.43. The first-order chi connectivity index (χ1) is 9.74. The summed E-state index contributed by atoms with van der Waals surface area (Å²) >= 11 is 3.55. The van der Waals surface area contributed by atoms with Crippen LogP contribution in [0.2, 0.25) is 0 Å². The Bertz CT molecular complexity index is 615. The summed E-state index contributed by atoms with van der Waals surface area (Å²) in [5.41, 5.74) is 2.18. The highest BCUT2D eigenvalue weighted by Crippen LogP contribution is 2.33. The largest absolute Gasteiger partial charge is 0.508 e. The Kier molecular flexibility index (Phi) is 3.83. The van der Waals surface area contributed by atoms with Gasteiger partial charge in [-0.1, -0.05) is 28.1 Å². The lowest BCUT2D eigenvalue weighted by Gasteiger charge is -2.24. The van der Waals surface area contributed by atoms with E-state index >= 15 is 0 Å². The van der Waals surface area contributed by atoms with Crippen LogP contribution in [-0.4, -0.2) is 18.3 Å². The number of phenolic OH excluding ortho intramolecular Hbond substituents is 1. The minimum atomic E-state index is 0.294. The van der Waals surface area contributed by atoms with E-state index in [4.69, 9.17) is 4.74 Å². The topological polar surface area (TPSA) is 32.7 Å². The lowest BCUT2D eigenvalue weighted by molar-refractivity contribution is 0.322. The third-order valence-corrected chi connectivity index (χ3v) is 4.20. The Morgan fingerprint density at radius 2 is 2.05 bits per heavy atom. The lowest BCUT2D eigenvalue weighted by Crippen LogP contribution is -2.23. The number of benzene rings is 2. The smallest absolute Gasteiger partial charge is 0.142 e. The van der Waals surface area contributed by atoms with Gasteiger partial charge in [0.25, 0.3) is 0 Å². The summed E-state index contributed by atoms with van der Waals surface area (Å²) in [7, 11) is 0. The van der Waals surface area contributed by atoms with E-state index in [1.165, 1.54) is 0 Å². The van der Waals surface area contributed by atoms with Crippen LogP contribution in [0, 0.1) is 0 Å². The number of halogens is 1. The molecule has 0 unspecified atom stereocenters. The van der Waals surface area contributed by atoms with Crippen LogP contribution in [-0.2, 0) is 6.54 Å². The molecule has 0 spiro atoms. The van der Waals surface area contributed by atoms with E-state index in [1.54, 1.807) is 12.1 Å². The first kappa shape index (κ1) is 13.3. The van der Waals surface area contributed by atoms with Crippen molar-refractivity contribution in [3.05, 3.63) is 52.5 Å². The summed E-state index contributed by atoms with van der Waals surface area (Å²) < 4.78 is 6.78. The number of anilines is 1. The van der Waals surface area contributed by atoms with Gasteiger partial charge >= 0.3 is 0 Å². The summed E-state index contributed by atoms with van der Waals surface area (Å²) in [6.45, 7) is 2.43. The Hall–Kier alpha value is -1.68. The Morgan fingerprint density at radius 1 is 1.20 bits per heavy atom. The van der Waals surface area contributed by atoms with Gasteiger partial charge in [-0.25, -0.2) is 0 Å². The summed E-state index contributed by atoms with van der Waals surface area (Å²) in [6, 6.07) is 13.5. The molecule has 2 aromatic rings. The molecule has 0 atom stereocenters. The normalized spacial score (nSPS) is 14.3. The van der Waals surface area contributed by atoms with Gasteiger partial charge in [0.2, 0.25) is 0 Å². The fraction of sp³-hybridized carbons (Fsp3) is 0.250. The van der Waals surface area contributed by atoms with Crippen molar-refractivity contribution in [1.29, 1.82) is 0 Å². The van der Waals surface area contributed by atoms with E-state index in [2.05, 4.69) is 26.9 Å². The molecular formula is C16H16BrNO2. The molecule has 0 saturated heterocycles. The number of fused-ring (bicyclic) bond motifs is 1. The zero-order valence-electron chi connectivity index (χ0n) is 11.1. The van der Waals surface area contributed by atoms with E-state index in [-0.39, 0.29) is 0 Å². The van der Waals surface area contributed by atoms with Crippen molar-refractivity contribution in [1.82, 2.24) is 0 Å². The molecule has 0 fully saturated rings. The highest BCUT2D eigenvalue weighted by atomic mass is 79.9. The number of hydrogen-bond donors (Lipinski definition) is 1. The number of phenols is 1. The van der Waals surface area contributed by atoms with E-state index in [1.807, 2.05) is 24.3 Å². The van der Waals surface area contributed by atoms with Crippen LogP contribution in [0.15, 0.2) is 46.9 Å². The Labute approximate surface area is 126 Å². The molecule has 4 heteroatoms. The van der Waals surface area contributed by atoms with E-state index < -0.39 is 0 Å². The van der Waals surface area contributed by atoms with Gasteiger partial charge in [0.15, 0.2) is 0 Å². The van der Waals surface area contributed by atoms with E-state index in [0.29, 0.717) is 5.75 Å². The van der Waals surface area contributed by atoms with Gasteiger partial charge in [0.1, 0.15) is 11.5 Å². The van der Waals surface area contributed by atoms with E-state index in [0.717, 1.165) is 47.6 Å². The van der Waals surface area contributed by atoms with Crippen molar-refractivity contribution in [2.24, 2.45) is 0 Å². The van der Waals surface area contributed by atoms with E-state index in [9.17, 15) is 5.11 Å². The van der Waals surface area contributed by atoms with Crippen LogP contribution in [0.25, 0.3) is 0 Å². The predicted octanol–water partition coefficient (Wildman–Crippen LogP) is 3.94. The van der Waals surface area contributed by atoms with Gasteiger partial charge in [-0.15, -0.1) is 0 Å². The second kappa shape index (κ2) is 5.75. The maximum absolute atomic E-state index is 9.65. The summed E-state index contributed by atoms with van der Waals surface area (Å²) in [6.07, 6.45) is 0.991. The third kappa shape index (κ3) is 2.75. The molecule has 104 valence electrons. The van der Waals surface area contributed by atoms with Crippen LogP contribution in [0.5, 0.6) is 11.5 Å². The van der Waals surface area contributed by atoms with Crippen molar-refractivity contribution in [3.63, 3.8) is 0 Å². The minimum Gasteiger partial charge on any atom is -0.508 e. The molecule has 1 aliphatic rings. The first-order valence-corrected chi connectivity index (χ1v) is 7.47. The van der Waals surface area contributed by atoms with Crippen LogP contribution in [0.4, 0.5) is 5.69 Å². The average molecular weight is 334 g/mol. The van der Waals surface area contributed by atoms with Gasteiger partial charge in [-0.2, -0.15) is 0 Å². The monoisotopic (exact) mass is 333 g/mol. The first-order valence-electron chi connectivity index (χ1n) is 6.68. The van der Waals surface area contributed by atoms with Crippen LogP contribution in [0.1, 0.15) is 12.0 Å². The molecule has 20 heavy (non-hydrogen) atoms. The SMILES string of the molecule is Oc1ccc(Br)c(CN2CCCOc3ccccc32)c1. The molecule has 1 aliphatic heterocycles. The molecule has 0 saturated carbocycles. The molecule has 0 aromatic heterocycles. The van der Waals surface area contributed by atoms with Gasteiger partial charge < -0.3 is 14.7 Å². The number of rotatable bonds is 2. The molecule has 0 amide bonds. The highest BCUT2D eigenvalue weighted by molar-refractivity contribution is 9.10. The zero-order valence-corrected chi connectivity index (χ0v) is 12.6. The maximum atomic E-state index is 9.65. The molecule has 0 radical (unpaired) electrons. The molecule has 1 N–H and O–H groups in total. The summed E-state index contributed by atoms with van der Waals surface area (Å²) in [4.78, 5) is 2.29. The average Bonchev–Trinajstić information content (AvgIpc) is 2.66. The molecule has 3 rings (SSSR count). The summed E-state index contributed by atoms with van der Waals surface area (Å²) in [5.74, 6) is 1.23. The van der Waals surface area contributed by atoms with Crippen molar-refractivity contribution in [2.45, 2.75) is 13.0 Å². The van der Waals surface area contributed by atoms with Crippen molar-refractivity contribution in [2.75, 3.05) is 18.1 Å². The lowest BCUT2D eigenvalue weighted by atomic mass is 10.1. The van der Waals surface area contributed by atoms with Crippen LogP contribution in [0.3, 0.4) is 0 Å². The van der Waals surface area contributed by atoms with Gasteiger partial charge in [0.05, 0.1) is 12.3 Å². The molecule has 3 nitrogen and oxygen atoms in total. The number of nitrogens with zero attached hydrogens (tertiary/aromatic N) is 1. The Balaban J connectivity index is 1.92. The standard InChI is InChI=1S/C16H16BrNO2/c17-14-7-6-13(19)10-12(14)11-18-8-3-9-20-16-5-2-1-4-15(16)18/h1-2,4-7,10,19H,3,8-9,11H2. The molecule has 2 aromatic carbocycles. The van der Waals surface area contributed by atoms with Crippen molar-refractivity contribution in [3.8, 4) is 11.5 Å². The predicted molar refractivity (Wildman–Crippen MR) is 83.4 cm³/mol. The van der Waals surface area contributed by atoms with Gasteiger partial charge in [0, 0.05) is 17.6 Å².